The monoisotopic (exact) mass is 264 g/mol. The van der Waals surface area contributed by atoms with Gasteiger partial charge in [-0.25, -0.2) is 9.78 Å². The number of nitrogens with two attached hydrogens (primary N) is 1. The summed E-state index contributed by atoms with van der Waals surface area (Å²) in [5.41, 5.74) is 7.76. The molecule has 6 heteroatoms. The van der Waals surface area contributed by atoms with E-state index in [2.05, 4.69) is 4.98 Å². The topological polar surface area (TPSA) is 85.4 Å². The number of thiazole rings is 1. The molecule has 0 aliphatic carbocycles. The smallest absolute Gasteiger partial charge is 0.335 e. The Labute approximate surface area is 107 Å². The van der Waals surface area contributed by atoms with Gasteiger partial charge in [-0.05, 0) is 24.1 Å². The second kappa shape index (κ2) is 4.22. The predicted octanol–water partition coefficient (Wildman–Crippen LogP) is 2.08. The number of ether oxygens (including phenoxy) is 1. The normalized spacial score (nSPS) is 19.4. The summed E-state index contributed by atoms with van der Waals surface area (Å²) in [5, 5.41) is 9.61. The number of hydrogen-bond acceptors (Lipinski definition) is 5. The molecule has 18 heavy (non-hydrogen) atoms. The fourth-order valence-electron chi connectivity index (χ4n) is 2.29. The van der Waals surface area contributed by atoms with Gasteiger partial charge in [0.05, 0.1) is 22.4 Å². The van der Waals surface area contributed by atoms with Crippen LogP contribution in [0, 0.1) is 0 Å². The van der Waals surface area contributed by atoms with Crippen molar-refractivity contribution >= 4 is 32.7 Å². The molecular weight excluding hydrogens is 252 g/mol. The molecule has 1 atom stereocenters. The lowest BCUT2D eigenvalue weighted by molar-refractivity contribution is 0.0697. The van der Waals surface area contributed by atoms with Crippen LogP contribution in [-0.4, -0.2) is 29.3 Å². The minimum Gasteiger partial charge on any atom is -0.478 e. The largest absolute Gasteiger partial charge is 0.478 e. The standard InChI is InChI=1S/C12H12N2O3S/c13-12-14-10-8(6-1-2-17-5-6)3-7(11(15)16)4-9(10)18-12/h3-4,6H,1-2,5H2,(H2,13,14)(H,15,16). The second-order valence-electron chi connectivity index (χ2n) is 4.33. The number of carboxylic acid groups (broad SMARTS) is 1. The van der Waals surface area contributed by atoms with Crippen LogP contribution in [0.4, 0.5) is 5.13 Å². The van der Waals surface area contributed by atoms with Gasteiger partial charge in [0, 0.05) is 12.5 Å². The van der Waals surface area contributed by atoms with E-state index in [1.807, 2.05) is 0 Å². The molecule has 0 spiro atoms. The van der Waals surface area contributed by atoms with Crippen LogP contribution in [0.25, 0.3) is 10.2 Å². The number of carbonyl (C=O) groups is 1. The molecule has 1 unspecified atom stereocenters. The molecule has 2 aromatic rings. The number of rotatable bonds is 2. The first-order valence-electron chi connectivity index (χ1n) is 5.66. The van der Waals surface area contributed by atoms with E-state index >= 15 is 0 Å². The fraction of sp³-hybridized carbons (Fsp3) is 0.333. The maximum absolute atomic E-state index is 11.1. The number of hydrogen-bond donors (Lipinski definition) is 2. The van der Waals surface area contributed by atoms with Gasteiger partial charge in [0.2, 0.25) is 0 Å². The molecule has 1 aliphatic heterocycles. The number of fused-ring (bicyclic) bond motifs is 1. The van der Waals surface area contributed by atoms with Gasteiger partial charge >= 0.3 is 5.97 Å². The Bertz CT molecular complexity index is 617. The number of benzene rings is 1. The van der Waals surface area contributed by atoms with E-state index in [1.54, 1.807) is 12.1 Å². The van der Waals surface area contributed by atoms with Gasteiger partial charge in [-0.2, -0.15) is 0 Å². The average Bonchev–Trinajstić information content (AvgIpc) is 2.94. The average molecular weight is 264 g/mol. The van der Waals surface area contributed by atoms with Gasteiger partial charge in [-0.1, -0.05) is 11.3 Å². The van der Waals surface area contributed by atoms with E-state index in [0.29, 0.717) is 18.3 Å². The Kier molecular flexibility index (Phi) is 2.68. The number of nitrogens with zero attached hydrogens (tertiary/aromatic N) is 1. The van der Waals surface area contributed by atoms with Crippen molar-refractivity contribution in [2.75, 3.05) is 18.9 Å². The van der Waals surface area contributed by atoms with Crippen molar-refractivity contribution in [1.82, 2.24) is 4.98 Å². The van der Waals surface area contributed by atoms with Crippen LogP contribution >= 0.6 is 11.3 Å². The molecular formula is C12H12N2O3S. The van der Waals surface area contributed by atoms with Crippen molar-refractivity contribution in [1.29, 1.82) is 0 Å². The Morgan fingerprint density at radius 1 is 1.56 bits per heavy atom. The van der Waals surface area contributed by atoms with Crippen LogP contribution in [0.1, 0.15) is 28.3 Å². The van der Waals surface area contributed by atoms with Gasteiger partial charge < -0.3 is 15.6 Å². The molecule has 2 heterocycles. The van der Waals surface area contributed by atoms with Crippen LogP contribution in [0.15, 0.2) is 12.1 Å². The lowest BCUT2D eigenvalue weighted by atomic mass is 9.95. The van der Waals surface area contributed by atoms with Crippen molar-refractivity contribution in [3.05, 3.63) is 23.3 Å². The lowest BCUT2D eigenvalue weighted by Gasteiger charge is -2.09. The molecule has 0 radical (unpaired) electrons. The number of anilines is 1. The highest BCUT2D eigenvalue weighted by atomic mass is 32.1. The van der Waals surface area contributed by atoms with Gasteiger partial charge in [-0.3, -0.25) is 0 Å². The highest BCUT2D eigenvalue weighted by Gasteiger charge is 2.23. The van der Waals surface area contributed by atoms with Crippen molar-refractivity contribution in [2.45, 2.75) is 12.3 Å². The summed E-state index contributed by atoms with van der Waals surface area (Å²) in [6.45, 7) is 1.33. The van der Waals surface area contributed by atoms with Crippen LogP contribution in [-0.2, 0) is 4.74 Å². The molecule has 3 N–H and O–H groups in total. The van der Waals surface area contributed by atoms with E-state index in [1.165, 1.54) is 11.3 Å². The van der Waals surface area contributed by atoms with Crippen molar-refractivity contribution in [3.8, 4) is 0 Å². The third-order valence-electron chi connectivity index (χ3n) is 3.16. The van der Waals surface area contributed by atoms with Crippen molar-refractivity contribution in [3.63, 3.8) is 0 Å². The number of aromatic nitrogens is 1. The van der Waals surface area contributed by atoms with Gasteiger partial charge in [0.15, 0.2) is 5.13 Å². The van der Waals surface area contributed by atoms with E-state index in [4.69, 9.17) is 15.6 Å². The Morgan fingerprint density at radius 3 is 3.06 bits per heavy atom. The van der Waals surface area contributed by atoms with Crippen LogP contribution in [0.3, 0.4) is 0 Å². The Hall–Kier alpha value is -1.66. The Balaban J connectivity index is 2.22. The van der Waals surface area contributed by atoms with Crippen molar-refractivity contribution < 1.29 is 14.6 Å². The molecule has 1 aromatic heterocycles. The molecule has 0 saturated carbocycles. The summed E-state index contributed by atoms with van der Waals surface area (Å²) in [5.74, 6) is -0.711. The second-order valence-corrected chi connectivity index (χ2v) is 5.39. The molecule has 1 saturated heterocycles. The van der Waals surface area contributed by atoms with Crippen LogP contribution in [0.5, 0.6) is 0 Å². The first kappa shape index (κ1) is 11.4. The summed E-state index contributed by atoms with van der Waals surface area (Å²) in [6, 6.07) is 3.33. The highest BCUT2D eigenvalue weighted by molar-refractivity contribution is 7.22. The molecule has 0 bridgehead atoms. The summed E-state index contributed by atoms with van der Waals surface area (Å²) in [6.07, 6.45) is 0.898. The zero-order valence-electron chi connectivity index (χ0n) is 9.55. The minimum atomic E-state index is -0.927. The maximum Gasteiger partial charge on any atom is 0.335 e. The molecule has 1 fully saturated rings. The van der Waals surface area contributed by atoms with Crippen LogP contribution in [0.2, 0.25) is 0 Å². The quantitative estimate of drug-likeness (QED) is 0.867. The summed E-state index contributed by atoms with van der Waals surface area (Å²) in [4.78, 5) is 15.4. The van der Waals surface area contributed by atoms with E-state index in [9.17, 15) is 4.79 Å². The molecule has 3 rings (SSSR count). The third kappa shape index (κ3) is 1.83. The van der Waals surface area contributed by atoms with Gasteiger partial charge in [0.1, 0.15) is 0 Å². The van der Waals surface area contributed by atoms with Crippen LogP contribution < -0.4 is 5.73 Å². The molecule has 1 aromatic carbocycles. The predicted molar refractivity (Wildman–Crippen MR) is 69.2 cm³/mol. The summed E-state index contributed by atoms with van der Waals surface area (Å²) >= 11 is 1.32. The van der Waals surface area contributed by atoms with Gasteiger partial charge in [0.25, 0.3) is 0 Å². The minimum absolute atomic E-state index is 0.216. The lowest BCUT2D eigenvalue weighted by Crippen LogP contribution is -2.03. The fourth-order valence-corrected chi connectivity index (χ4v) is 3.10. The number of nitrogen functional groups attached to an aromatic ring is 1. The van der Waals surface area contributed by atoms with Crippen molar-refractivity contribution in [2.24, 2.45) is 0 Å². The number of carboxylic acids is 1. The molecule has 1 aliphatic rings. The molecule has 5 nitrogen and oxygen atoms in total. The number of aromatic carboxylic acids is 1. The molecule has 0 amide bonds. The zero-order valence-corrected chi connectivity index (χ0v) is 10.4. The van der Waals surface area contributed by atoms with E-state index < -0.39 is 5.97 Å². The first-order valence-corrected chi connectivity index (χ1v) is 6.48. The highest BCUT2D eigenvalue weighted by Crippen LogP contribution is 2.35. The SMILES string of the molecule is Nc1nc2c(C3CCOC3)cc(C(=O)O)cc2s1. The van der Waals surface area contributed by atoms with E-state index in [0.717, 1.165) is 22.2 Å². The zero-order chi connectivity index (χ0) is 12.7. The first-order chi connectivity index (χ1) is 8.65. The molecule has 94 valence electrons. The van der Waals surface area contributed by atoms with Gasteiger partial charge in [-0.15, -0.1) is 0 Å². The van der Waals surface area contributed by atoms with E-state index in [-0.39, 0.29) is 11.5 Å². The summed E-state index contributed by atoms with van der Waals surface area (Å²) < 4.78 is 6.19. The Morgan fingerprint density at radius 2 is 2.39 bits per heavy atom. The maximum atomic E-state index is 11.1. The third-order valence-corrected chi connectivity index (χ3v) is 3.99. The summed E-state index contributed by atoms with van der Waals surface area (Å²) in [7, 11) is 0.